The van der Waals surface area contributed by atoms with E-state index in [2.05, 4.69) is 0 Å². The molecule has 0 spiro atoms. The lowest BCUT2D eigenvalue weighted by Gasteiger charge is -2.28. The molecule has 1 aliphatic heterocycles. The molecule has 22 heavy (non-hydrogen) atoms. The molecule has 1 atom stereocenters. The van der Waals surface area contributed by atoms with Crippen molar-refractivity contribution in [3.63, 3.8) is 0 Å². The fourth-order valence-electron chi connectivity index (χ4n) is 2.68. The molecule has 0 unspecified atom stereocenters. The van der Waals surface area contributed by atoms with Gasteiger partial charge in [0.1, 0.15) is 11.9 Å². The van der Waals surface area contributed by atoms with E-state index in [1.54, 1.807) is 18.2 Å². The predicted octanol–water partition coefficient (Wildman–Crippen LogP) is 4.16. The Morgan fingerprint density at radius 1 is 1.32 bits per heavy atom. The van der Waals surface area contributed by atoms with Gasteiger partial charge in [0.15, 0.2) is 11.6 Å². The Kier molecular flexibility index (Phi) is 4.17. The maximum Gasteiger partial charge on any atom is 0.165 e. The Balaban J connectivity index is 2.26. The van der Waals surface area contributed by atoms with Crippen molar-refractivity contribution in [2.45, 2.75) is 18.9 Å². The minimum Gasteiger partial charge on any atom is -0.505 e. The largest absolute Gasteiger partial charge is 0.505 e. The average Bonchev–Trinajstić information content (AvgIpc) is 2.51. The van der Waals surface area contributed by atoms with E-state index < -0.39 is 11.6 Å². The third-order valence-corrected chi connectivity index (χ3v) is 4.43. The van der Waals surface area contributed by atoms with Crippen LogP contribution in [0.3, 0.4) is 0 Å². The molecule has 6 heteroatoms. The summed E-state index contributed by atoms with van der Waals surface area (Å²) in [5.41, 5.74) is 7.00. The molecule has 116 valence electrons. The zero-order valence-electron chi connectivity index (χ0n) is 11.6. The van der Waals surface area contributed by atoms with Crippen LogP contribution in [0.5, 0.6) is 11.5 Å². The Morgan fingerprint density at radius 3 is 2.64 bits per heavy atom. The Labute approximate surface area is 137 Å². The van der Waals surface area contributed by atoms with E-state index in [1.807, 2.05) is 0 Å². The number of hydrogen-bond acceptors (Lipinski definition) is 3. The van der Waals surface area contributed by atoms with Gasteiger partial charge < -0.3 is 15.6 Å². The molecule has 0 aliphatic carbocycles. The number of nitrogens with two attached hydrogens (primary N) is 1. The van der Waals surface area contributed by atoms with Crippen LogP contribution in [0, 0.1) is 5.82 Å². The van der Waals surface area contributed by atoms with Crippen LogP contribution in [0.1, 0.15) is 12.0 Å². The van der Waals surface area contributed by atoms with Crippen molar-refractivity contribution in [2.24, 2.45) is 5.73 Å². The lowest BCUT2D eigenvalue weighted by Crippen LogP contribution is -2.30. The molecule has 3 N–H and O–H groups in total. The van der Waals surface area contributed by atoms with Gasteiger partial charge in [-0.1, -0.05) is 29.3 Å². The van der Waals surface area contributed by atoms with Crippen molar-refractivity contribution in [3.05, 3.63) is 45.7 Å². The third kappa shape index (κ3) is 2.51. The van der Waals surface area contributed by atoms with Crippen molar-refractivity contribution in [1.82, 2.24) is 0 Å². The van der Waals surface area contributed by atoms with Crippen molar-refractivity contribution in [2.75, 3.05) is 6.54 Å². The number of aromatic hydroxyl groups is 1. The molecule has 1 heterocycles. The SMILES string of the molecule is NC[C@H]1CCc2c(O)c(F)cc(-c3c(Cl)cccc3Cl)c2O1. The van der Waals surface area contributed by atoms with Gasteiger partial charge in [-0.05, 0) is 31.0 Å². The molecule has 3 nitrogen and oxygen atoms in total. The van der Waals surface area contributed by atoms with E-state index in [0.29, 0.717) is 51.9 Å². The number of benzene rings is 2. The number of halogens is 3. The molecular formula is C16H14Cl2FNO2. The summed E-state index contributed by atoms with van der Waals surface area (Å²) < 4.78 is 19.9. The van der Waals surface area contributed by atoms with Crippen LogP contribution in [-0.2, 0) is 6.42 Å². The summed E-state index contributed by atoms with van der Waals surface area (Å²) in [6.45, 7) is 0.341. The van der Waals surface area contributed by atoms with E-state index in [9.17, 15) is 9.50 Å². The fourth-order valence-corrected chi connectivity index (χ4v) is 3.28. The Morgan fingerprint density at radius 2 is 2.00 bits per heavy atom. The van der Waals surface area contributed by atoms with Gasteiger partial charge >= 0.3 is 0 Å². The molecule has 0 saturated heterocycles. The monoisotopic (exact) mass is 341 g/mol. The molecule has 2 aromatic carbocycles. The molecule has 0 bridgehead atoms. The lowest BCUT2D eigenvalue weighted by atomic mass is 9.94. The Bertz CT molecular complexity index is 716. The summed E-state index contributed by atoms with van der Waals surface area (Å²) in [6.07, 6.45) is 0.920. The number of rotatable bonds is 2. The smallest absolute Gasteiger partial charge is 0.165 e. The molecule has 0 radical (unpaired) electrons. The second-order valence-electron chi connectivity index (χ2n) is 5.17. The zero-order valence-corrected chi connectivity index (χ0v) is 13.1. The Hall–Kier alpha value is -1.49. The van der Waals surface area contributed by atoms with Crippen molar-refractivity contribution < 1.29 is 14.2 Å². The molecule has 3 rings (SSSR count). The van der Waals surface area contributed by atoms with Crippen LogP contribution in [-0.4, -0.2) is 17.8 Å². The minimum absolute atomic E-state index is 0.183. The zero-order chi connectivity index (χ0) is 15.9. The van der Waals surface area contributed by atoms with Gasteiger partial charge in [0.25, 0.3) is 0 Å². The standard InChI is InChI=1S/C16H14Cl2FNO2/c17-11-2-1-3-12(18)14(11)10-6-13(19)15(21)9-5-4-8(7-20)22-16(9)10/h1-3,6,8,21H,4-5,7,20H2/t8-/m1/s1. The van der Waals surface area contributed by atoms with Gasteiger partial charge in [0, 0.05) is 23.2 Å². The second-order valence-corrected chi connectivity index (χ2v) is 5.99. The number of phenolic OH excluding ortho intramolecular Hbond substituents is 1. The maximum absolute atomic E-state index is 14.1. The van der Waals surface area contributed by atoms with E-state index in [-0.39, 0.29) is 6.10 Å². The van der Waals surface area contributed by atoms with Gasteiger partial charge in [-0.3, -0.25) is 0 Å². The van der Waals surface area contributed by atoms with Crippen LogP contribution in [0.4, 0.5) is 4.39 Å². The normalized spacial score (nSPS) is 17.0. The number of phenols is 1. The van der Waals surface area contributed by atoms with Crippen molar-refractivity contribution in [1.29, 1.82) is 0 Å². The van der Waals surface area contributed by atoms with Crippen LogP contribution in [0.2, 0.25) is 10.0 Å². The van der Waals surface area contributed by atoms with Gasteiger partial charge in [0.05, 0.1) is 10.0 Å². The second kappa shape index (κ2) is 5.95. The summed E-state index contributed by atoms with van der Waals surface area (Å²) >= 11 is 12.4. The average molecular weight is 342 g/mol. The van der Waals surface area contributed by atoms with Crippen LogP contribution < -0.4 is 10.5 Å². The molecule has 0 aromatic heterocycles. The van der Waals surface area contributed by atoms with Gasteiger partial charge in [0.2, 0.25) is 0 Å². The maximum atomic E-state index is 14.1. The highest BCUT2D eigenvalue weighted by Gasteiger charge is 2.28. The summed E-state index contributed by atoms with van der Waals surface area (Å²) in [5.74, 6) is -0.715. The number of hydrogen-bond donors (Lipinski definition) is 2. The van der Waals surface area contributed by atoms with E-state index in [0.717, 1.165) is 0 Å². The first kappa shape index (κ1) is 15.4. The quantitative estimate of drug-likeness (QED) is 0.862. The first-order valence-electron chi connectivity index (χ1n) is 6.88. The first-order valence-corrected chi connectivity index (χ1v) is 7.64. The van der Waals surface area contributed by atoms with Crippen molar-refractivity contribution in [3.8, 4) is 22.6 Å². The fraction of sp³-hybridized carbons (Fsp3) is 0.250. The molecular weight excluding hydrogens is 328 g/mol. The van der Waals surface area contributed by atoms with Crippen LogP contribution >= 0.6 is 23.2 Å². The topological polar surface area (TPSA) is 55.5 Å². The molecule has 0 amide bonds. The summed E-state index contributed by atoms with van der Waals surface area (Å²) in [5, 5.41) is 10.7. The minimum atomic E-state index is -0.723. The van der Waals surface area contributed by atoms with E-state index in [1.165, 1.54) is 6.07 Å². The summed E-state index contributed by atoms with van der Waals surface area (Å²) in [7, 11) is 0. The molecule has 1 aliphatic rings. The van der Waals surface area contributed by atoms with Crippen molar-refractivity contribution >= 4 is 23.2 Å². The molecule has 2 aromatic rings. The molecule has 0 fully saturated rings. The van der Waals surface area contributed by atoms with E-state index in [4.69, 9.17) is 33.7 Å². The van der Waals surface area contributed by atoms with Gasteiger partial charge in [-0.15, -0.1) is 0 Å². The summed E-state index contributed by atoms with van der Waals surface area (Å²) in [6, 6.07) is 6.24. The lowest BCUT2D eigenvalue weighted by molar-refractivity contribution is 0.179. The van der Waals surface area contributed by atoms with Gasteiger partial charge in [-0.25, -0.2) is 4.39 Å². The van der Waals surface area contributed by atoms with Crippen LogP contribution in [0.25, 0.3) is 11.1 Å². The number of fused-ring (bicyclic) bond motifs is 1. The highest BCUT2D eigenvalue weighted by Crippen LogP contribution is 2.47. The van der Waals surface area contributed by atoms with Crippen LogP contribution in [0.15, 0.2) is 24.3 Å². The molecule has 0 saturated carbocycles. The summed E-state index contributed by atoms with van der Waals surface area (Å²) in [4.78, 5) is 0. The van der Waals surface area contributed by atoms with E-state index >= 15 is 0 Å². The highest BCUT2D eigenvalue weighted by atomic mass is 35.5. The predicted molar refractivity (Wildman–Crippen MR) is 85.3 cm³/mol. The highest BCUT2D eigenvalue weighted by molar-refractivity contribution is 6.39. The number of ether oxygens (including phenoxy) is 1. The van der Waals surface area contributed by atoms with Gasteiger partial charge in [-0.2, -0.15) is 0 Å². The third-order valence-electron chi connectivity index (χ3n) is 3.80. The first-order chi connectivity index (χ1) is 10.5.